The van der Waals surface area contributed by atoms with Gasteiger partial charge in [-0.25, -0.2) is 0 Å². The molecule has 2 heteroatoms. The van der Waals surface area contributed by atoms with Gasteiger partial charge in [0.2, 0.25) is 0 Å². The molecular formula is C26H15NS. The molecule has 0 N–H and O–H groups in total. The highest BCUT2D eigenvalue weighted by molar-refractivity contribution is 7.26. The second-order valence-corrected chi connectivity index (χ2v) is 8.43. The highest BCUT2D eigenvalue weighted by Crippen LogP contribution is 2.45. The van der Waals surface area contributed by atoms with Gasteiger partial charge in [0.1, 0.15) is 0 Å². The van der Waals surface area contributed by atoms with Gasteiger partial charge in [-0.3, -0.25) is 0 Å². The van der Waals surface area contributed by atoms with E-state index in [1.54, 1.807) is 0 Å². The molecule has 0 amide bonds. The second-order valence-electron chi connectivity index (χ2n) is 7.37. The zero-order chi connectivity index (χ0) is 18.2. The van der Waals surface area contributed by atoms with E-state index >= 15 is 0 Å². The highest BCUT2D eigenvalue weighted by atomic mass is 32.1. The zero-order valence-corrected chi connectivity index (χ0v) is 15.8. The Hall–Kier alpha value is -3.36. The molecule has 0 atom stereocenters. The van der Waals surface area contributed by atoms with Crippen molar-refractivity contribution >= 4 is 69.6 Å². The molecular weight excluding hydrogens is 358 g/mol. The largest absolute Gasteiger partial charge is 0.307 e. The van der Waals surface area contributed by atoms with E-state index in [0.717, 1.165) is 0 Å². The van der Waals surface area contributed by atoms with Crippen LogP contribution in [0.2, 0.25) is 0 Å². The molecule has 1 nitrogen and oxygen atoms in total. The molecule has 0 aliphatic carbocycles. The van der Waals surface area contributed by atoms with Crippen LogP contribution >= 0.6 is 11.3 Å². The molecule has 0 aliphatic rings. The van der Waals surface area contributed by atoms with Crippen LogP contribution in [0.1, 0.15) is 0 Å². The molecule has 130 valence electrons. The third-order valence-corrected chi connectivity index (χ3v) is 7.13. The number of benzene rings is 4. The molecule has 0 aliphatic heterocycles. The van der Waals surface area contributed by atoms with Gasteiger partial charge in [-0.1, -0.05) is 72.8 Å². The Bertz CT molecular complexity index is 1720. The van der Waals surface area contributed by atoms with Gasteiger partial charge in [-0.2, -0.15) is 0 Å². The number of nitrogens with zero attached hydrogens (tertiary/aromatic N) is 1. The lowest BCUT2D eigenvalue weighted by molar-refractivity contribution is 1.36. The normalized spacial score (nSPS) is 12.3. The van der Waals surface area contributed by atoms with E-state index in [-0.39, 0.29) is 0 Å². The maximum Gasteiger partial charge on any atom is 0.0734 e. The first-order valence-corrected chi connectivity index (χ1v) is 10.4. The van der Waals surface area contributed by atoms with Gasteiger partial charge in [0.15, 0.2) is 0 Å². The van der Waals surface area contributed by atoms with Crippen molar-refractivity contribution in [2.24, 2.45) is 0 Å². The van der Waals surface area contributed by atoms with Crippen LogP contribution in [-0.4, -0.2) is 4.40 Å². The first-order valence-electron chi connectivity index (χ1n) is 9.56. The van der Waals surface area contributed by atoms with Crippen LogP contribution in [0.25, 0.3) is 58.3 Å². The van der Waals surface area contributed by atoms with Gasteiger partial charge in [0, 0.05) is 20.9 Å². The average molecular weight is 373 g/mol. The van der Waals surface area contributed by atoms with Crippen LogP contribution in [-0.2, 0) is 0 Å². The molecule has 0 bridgehead atoms. The van der Waals surface area contributed by atoms with E-state index in [9.17, 15) is 0 Å². The number of hydrogen-bond donors (Lipinski definition) is 0. The van der Waals surface area contributed by atoms with Crippen LogP contribution in [0, 0.1) is 0 Å². The smallest absolute Gasteiger partial charge is 0.0734 e. The number of aromatic nitrogens is 1. The van der Waals surface area contributed by atoms with Crippen molar-refractivity contribution in [3.63, 3.8) is 0 Å². The molecule has 28 heavy (non-hydrogen) atoms. The summed E-state index contributed by atoms with van der Waals surface area (Å²) in [5, 5.41) is 7.95. The Labute approximate surface area is 165 Å². The van der Waals surface area contributed by atoms with Gasteiger partial charge in [0.25, 0.3) is 0 Å². The molecule has 0 saturated carbocycles. The Balaban J connectivity index is 2.04. The Morgan fingerprint density at radius 3 is 1.86 bits per heavy atom. The minimum absolute atomic E-state index is 1.26. The van der Waals surface area contributed by atoms with Crippen molar-refractivity contribution in [1.82, 2.24) is 4.40 Å². The summed E-state index contributed by atoms with van der Waals surface area (Å²) in [6.07, 6.45) is 0. The lowest BCUT2D eigenvalue weighted by atomic mass is 10.0. The fourth-order valence-electron chi connectivity index (χ4n) is 4.83. The number of thiophene rings is 1. The van der Waals surface area contributed by atoms with Crippen molar-refractivity contribution < 1.29 is 0 Å². The molecule has 0 unspecified atom stereocenters. The third-order valence-electron chi connectivity index (χ3n) is 5.96. The Morgan fingerprint density at radius 2 is 1.07 bits per heavy atom. The van der Waals surface area contributed by atoms with Crippen molar-refractivity contribution in [2.45, 2.75) is 0 Å². The van der Waals surface area contributed by atoms with E-state index in [4.69, 9.17) is 0 Å². The molecule has 7 aromatic rings. The predicted octanol–water partition coefficient (Wildman–Crippen LogP) is 7.77. The predicted molar refractivity (Wildman–Crippen MR) is 123 cm³/mol. The first kappa shape index (κ1) is 14.7. The fourth-order valence-corrected chi connectivity index (χ4v) is 6.08. The summed E-state index contributed by atoms with van der Waals surface area (Å²) in [6.45, 7) is 0. The number of hydrogen-bond acceptors (Lipinski definition) is 1. The van der Waals surface area contributed by atoms with Gasteiger partial charge < -0.3 is 4.40 Å². The van der Waals surface area contributed by atoms with Gasteiger partial charge in [-0.15, -0.1) is 11.3 Å². The van der Waals surface area contributed by atoms with Crippen LogP contribution in [0.15, 0.2) is 91.0 Å². The van der Waals surface area contributed by atoms with Crippen molar-refractivity contribution in [3.8, 4) is 0 Å². The molecule has 0 fully saturated rings. The minimum Gasteiger partial charge on any atom is -0.307 e. The van der Waals surface area contributed by atoms with E-state index in [0.29, 0.717) is 0 Å². The molecule has 7 rings (SSSR count). The first-order chi connectivity index (χ1) is 13.9. The van der Waals surface area contributed by atoms with Crippen LogP contribution in [0.3, 0.4) is 0 Å². The molecule has 3 aromatic heterocycles. The number of para-hydroxylation sites is 2. The van der Waals surface area contributed by atoms with Crippen molar-refractivity contribution in [2.75, 3.05) is 0 Å². The van der Waals surface area contributed by atoms with E-state index in [1.165, 1.54) is 58.3 Å². The molecule has 0 saturated heterocycles. The maximum atomic E-state index is 2.48. The summed E-state index contributed by atoms with van der Waals surface area (Å²) in [7, 11) is 0. The molecule has 4 aromatic carbocycles. The fraction of sp³-hybridized carbons (Fsp3) is 0. The lowest BCUT2D eigenvalue weighted by Crippen LogP contribution is -1.88. The van der Waals surface area contributed by atoms with Gasteiger partial charge in [0.05, 0.1) is 21.3 Å². The topological polar surface area (TPSA) is 4.41 Å². The standard InChI is InChI=1S/C26H15NS/c1-2-9-17-16(8-1)18-10-3-5-13-21(18)27-22-14-6-4-11-20(22)26-25(27)24-19(17)12-7-15-23(24)28-26/h1-15H. The SMILES string of the molecule is c1ccc2c(c1)c1cccc3sc4c5ccccc5n(c5ccccc25)c4c31. The quantitative estimate of drug-likeness (QED) is 0.256. The Morgan fingerprint density at radius 1 is 0.500 bits per heavy atom. The second kappa shape index (κ2) is 5.12. The summed E-state index contributed by atoms with van der Waals surface area (Å²) in [5.74, 6) is 0. The van der Waals surface area contributed by atoms with Crippen LogP contribution < -0.4 is 0 Å². The average Bonchev–Trinajstić information content (AvgIpc) is 3.27. The molecule has 0 spiro atoms. The van der Waals surface area contributed by atoms with Crippen molar-refractivity contribution in [1.29, 1.82) is 0 Å². The van der Waals surface area contributed by atoms with Crippen LogP contribution in [0.4, 0.5) is 0 Å². The molecule has 3 heterocycles. The van der Waals surface area contributed by atoms with E-state index in [1.807, 2.05) is 11.3 Å². The summed E-state index contributed by atoms with van der Waals surface area (Å²) < 4.78 is 5.22. The minimum atomic E-state index is 1.26. The zero-order valence-electron chi connectivity index (χ0n) is 15.0. The summed E-state index contributed by atoms with van der Waals surface area (Å²) in [5.41, 5.74) is 3.89. The Kier molecular flexibility index (Phi) is 2.68. The number of rotatable bonds is 0. The van der Waals surface area contributed by atoms with Crippen molar-refractivity contribution in [3.05, 3.63) is 91.0 Å². The summed E-state index contributed by atoms with van der Waals surface area (Å²) in [6, 6.07) is 33.2. The van der Waals surface area contributed by atoms with E-state index < -0.39 is 0 Å². The van der Waals surface area contributed by atoms with Gasteiger partial charge in [-0.05, 0) is 34.4 Å². The number of fused-ring (bicyclic) bond motifs is 8. The lowest BCUT2D eigenvalue weighted by Gasteiger charge is -2.09. The third kappa shape index (κ3) is 1.67. The highest BCUT2D eigenvalue weighted by Gasteiger charge is 2.18. The molecule has 0 radical (unpaired) electrons. The maximum absolute atomic E-state index is 2.48. The van der Waals surface area contributed by atoms with Gasteiger partial charge >= 0.3 is 0 Å². The van der Waals surface area contributed by atoms with E-state index in [2.05, 4.69) is 95.4 Å². The summed E-state index contributed by atoms with van der Waals surface area (Å²) >= 11 is 1.91. The van der Waals surface area contributed by atoms with Crippen LogP contribution in [0.5, 0.6) is 0 Å². The summed E-state index contributed by atoms with van der Waals surface area (Å²) in [4.78, 5) is 0. The monoisotopic (exact) mass is 373 g/mol.